The number of amides is 2. The molecule has 132 valence electrons. The molecule has 0 saturated heterocycles. The summed E-state index contributed by atoms with van der Waals surface area (Å²) < 4.78 is 13.7. The summed E-state index contributed by atoms with van der Waals surface area (Å²) in [6.07, 6.45) is 1.31. The molecule has 2 amide bonds. The number of benzene rings is 2. The number of rotatable bonds is 4. The fourth-order valence-electron chi connectivity index (χ4n) is 2.33. The third-order valence-corrected chi connectivity index (χ3v) is 3.67. The third kappa shape index (κ3) is 4.14. The van der Waals surface area contributed by atoms with Gasteiger partial charge in [0, 0.05) is 11.8 Å². The molecule has 6 nitrogen and oxygen atoms in total. The fraction of sp³-hybridized carbons (Fsp3) is 0. The number of halogens is 1. The highest BCUT2D eigenvalue weighted by atomic mass is 19.1. The van der Waals surface area contributed by atoms with Gasteiger partial charge in [-0.2, -0.15) is 5.26 Å². The van der Waals surface area contributed by atoms with Gasteiger partial charge >= 0.3 is 0 Å². The maximum Gasteiger partial charge on any atom is 0.274 e. The number of anilines is 2. The molecule has 1 heterocycles. The van der Waals surface area contributed by atoms with Crippen molar-refractivity contribution in [2.24, 2.45) is 0 Å². The first-order chi connectivity index (χ1) is 13.1. The van der Waals surface area contributed by atoms with Crippen LogP contribution in [0.15, 0.2) is 66.9 Å². The average Bonchev–Trinajstić information content (AvgIpc) is 2.70. The second-order valence-corrected chi connectivity index (χ2v) is 5.48. The zero-order valence-corrected chi connectivity index (χ0v) is 13.9. The Balaban J connectivity index is 1.79. The molecule has 1 aromatic heterocycles. The molecule has 0 fully saturated rings. The molecule has 2 aromatic carbocycles. The highest BCUT2D eigenvalue weighted by molar-refractivity contribution is 6.08. The Morgan fingerprint density at radius 1 is 0.926 bits per heavy atom. The smallest absolute Gasteiger partial charge is 0.274 e. The third-order valence-electron chi connectivity index (χ3n) is 3.67. The van der Waals surface area contributed by atoms with E-state index in [9.17, 15) is 14.0 Å². The first kappa shape index (κ1) is 17.8. The predicted octanol–water partition coefficient (Wildman–Crippen LogP) is 3.60. The Morgan fingerprint density at radius 3 is 2.33 bits per heavy atom. The van der Waals surface area contributed by atoms with Crippen LogP contribution in [0, 0.1) is 17.1 Å². The molecule has 0 atom stereocenters. The first-order valence-electron chi connectivity index (χ1n) is 7.91. The second kappa shape index (κ2) is 7.89. The average molecular weight is 360 g/mol. The molecule has 2 N–H and O–H groups in total. The molecule has 3 aromatic rings. The fourth-order valence-corrected chi connectivity index (χ4v) is 2.33. The molecule has 7 heteroatoms. The highest BCUT2D eigenvalue weighted by Gasteiger charge is 2.14. The van der Waals surface area contributed by atoms with Crippen molar-refractivity contribution in [2.75, 3.05) is 10.6 Å². The number of carbonyl (C=O) groups excluding carboxylic acids is 2. The largest absolute Gasteiger partial charge is 0.319 e. The molecule has 0 aliphatic carbocycles. The van der Waals surface area contributed by atoms with E-state index in [0.29, 0.717) is 11.3 Å². The van der Waals surface area contributed by atoms with Gasteiger partial charge in [0.05, 0.1) is 16.9 Å². The zero-order chi connectivity index (χ0) is 19.2. The van der Waals surface area contributed by atoms with E-state index in [4.69, 9.17) is 5.26 Å². The quantitative estimate of drug-likeness (QED) is 0.743. The van der Waals surface area contributed by atoms with Crippen molar-refractivity contribution in [2.45, 2.75) is 0 Å². The van der Waals surface area contributed by atoms with Gasteiger partial charge in [-0.3, -0.25) is 14.6 Å². The summed E-state index contributed by atoms with van der Waals surface area (Å²) in [5.74, 6) is -1.71. The van der Waals surface area contributed by atoms with E-state index in [1.54, 1.807) is 30.3 Å². The molecular weight excluding hydrogens is 347 g/mol. The lowest BCUT2D eigenvalue weighted by molar-refractivity contribution is 0.102. The minimum Gasteiger partial charge on any atom is -0.319 e. The number of nitrogens with zero attached hydrogens (tertiary/aromatic N) is 2. The van der Waals surface area contributed by atoms with Crippen molar-refractivity contribution in [3.8, 4) is 6.07 Å². The summed E-state index contributed by atoms with van der Waals surface area (Å²) in [6.45, 7) is 0. The van der Waals surface area contributed by atoms with E-state index in [1.807, 2.05) is 6.07 Å². The monoisotopic (exact) mass is 360 g/mol. The molecule has 0 bridgehead atoms. The lowest BCUT2D eigenvalue weighted by Crippen LogP contribution is -2.17. The maximum atomic E-state index is 13.7. The topological polar surface area (TPSA) is 94.9 Å². The minimum absolute atomic E-state index is 0.0103. The van der Waals surface area contributed by atoms with Gasteiger partial charge in [-0.15, -0.1) is 0 Å². The summed E-state index contributed by atoms with van der Waals surface area (Å²) in [6, 6.07) is 17.0. The number of para-hydroxylation sites is 2. The van der Waals surface area contributed by atoms with Crippen molar-refractivity contribution in [1.29, 1.82) is 5.26 Å². The van der Waals surface area contributed by atoms with E-state index >= 15 is 0 Å². The number of hydrogen-bond acceptors (Lipinski definition) is 4. The van der Waals surface area contributed by atoms with Gasteiger partial charge in [-0.05, 0) is 36.4 Å². The van der Waals surface area contributed by atoms with Crippen LogP contribution in [-0.4, -0.2) is 16.8 Å². The van der Waals surface area contributed by atoms with Gasteiger partial charge in [-0.25, -0.2) is 4.39 Å². The van der Waals surface area contributed by atoms with Crippen LogP contribution in [0.25, 0.3) is 0 Å². The van der Waals surface area contributed by atoms with E-state index in [0.717, 1.165) is 0 Å². The summed E-state index contributed by atoms with van der Waals surface area (Å²) in [5.41, 5.74) is 0.816. The Kier molecular flexibility index (Phi) is 5.19. The number of carbonyl (C=O) groups is 2. The van der Waals surface area contributed by atoms with Crippen LogP contribution in [0.5, 0.6) is 0 Å². The summed E-state index contributed by atoms with van der Waals surface area (Å²) in [5, 5.41) is 14.1. The lowest BCUT2D eigenvalue weighted by atomic mass is 10.1. The van der Waals surface area contributed by atoms with Gasteiger partial charge in [-0.1, -0.05) is 24.3 Å². The molecule has 0 aliphatic rings. The highest BCUT2D eigenvalue weighted by Crippen LogP contribution is 2.16. The van der Waals surface area contributed by atoms with Crippen molar-refractivity contribution < 1.29 is 14.0 Å². The van der Waals surface area contributed by atoms with Crippen LogP contribution >= 0.6 is 0 Å². The van der Waals surface area contributed by atoms with Crippen molar-refractivity contribution >= 4 is 23.2 Å². The summed E-state index contributed by atoms with van der Waals surface area (Å²) in [7, 11) is 0. The van der Waals surface area contributed by atoms with Gasteiger partial charge < -0.3 is 10.6 Å². The normalized spacial score (nSPS) is 9.93. The first-order valence-corrected chi connectivity index (χ1v) is 7.91. The second-order valence-electron chi connectivity index (χ2n) is 5.48. The number of nitrogens with one attached hydrogen (secondary N) is 2. The maximum absolute atomic E-state index is 13.7. The van der Waals surface area contributed by atoms with Crippen molar-refractivity contribution in [1.82, 2.24) is 4.98 Å². The predicted molar refractivity (Wildman–Crippen MR) is 97.7 cm³/mol. The van der Waals surface area contributed by atoms with E-state index in [2.05, 4.69) is 15.6 Å². The Hall–Kier alpha value is -4.05. The Labute approximate surface area is 154 Å². The van der Waals surface area contributed by atoms with Gasteiger partial charge in [0.25, 0.3) is 11.8 Å². The standard InChI is InChI=1S/C20H13FN4O2/c21-15-6-2-4-8-17(15)25-19(26)13-9-10-23-18(11-13)20(27)24-16-7-3-1-5-14(16)12-22/h1-11H,(H,24,27)(H,25,26). The molecule has 0 spiro atoms. The van der Waals surface area contributed by atoms with E-state index in [-0.39, 0.29) is 16.9 Å². The summed E-state index contributed by atoms with van der Waals surface area (Å²) >= 11 is 0. The number of pyridine rings is 1. The van der Waals surface area contributed by atoms with Gasteiger partial charge in [0.2, 0.25) is 0 Å². The van der Waals surface area contributed by atoms with Crippen molar-refractivity contribution in [3.05, 3.63) is 89.5 Å². The van der Waals surface area contributed by atoms with Crippen LogP contribution in [0.3, 0.4) is 0 Å². The molecule has 0 radical (unpaired) electrons. The molecule has 0 aliphatic heterocycles. The molecule has 0 unspecified atom stereocenters. The van der Waals surface area contributed by atoms with Crippen LogP contribution < -0.4 is 10.6 Å². The Bertz CT molecular complexity index is 1060. The van der Waals surface area contributed by atoms with Crippen LogP contribution in [-0.2, 0) is 0 Å². The number of nitriles is 1. The summed E-state index contributed by atoms with van der Waals surface area (Å²) in [4.78, 5) is 28.7. The molecule has 3 rings (SSSR count). The number of aromatic nitrogens is 1. The number of hydrogen-bond donors (Lipinski definition) is 2. The van der Waals surface area contributed by atoms with Gasteiger partial charge in [0.1, 0.15) is 17.6 Å². The van der Waals surface area contributed by atoms with Crippen LogP contribution in [0.1, 0.15) is 26.4 Å². The zero-order valence-electron chi connectivity index (χ0n) is 13.9. The van der Waals surface area contributed by atoms with Crippen LogP contribution in [0.4, 0.5) is 15.8 Å². The van der Waals surface area contributed by atoms with E-state index < -0.39 is 17.6 Å². The van der Waals surface area contributed by atoms with Gasteiger partial charge in [0.15, 0.2) is 0 Å². The SMILES string of the molecule is N#Cc1ccccc1NC(=O)c1cc(C(=O)Nc2ccccc2F)ccn1. The molecule has 27 heavy (non-hydrogen) atoms. The molecule has 0 saturated carbocycles. The van der Waals surface area contributed by atoms with E-state index in [1.165, 1.54) is 36.5 Å². The van der Waals surface area contributed by atoms with Crippen molar-refractivity contribution in [3.63, 3.8) is 0 Å². The lowest BCUT2D eigenvalue weighted by Gasteiger charge is -2.08. The Morgan fingerprint density at radius 2 is 1.59 bits per heavy atom. The molecular formula is C20H13FN4O2. The minimum atomic E-state index is -0.575. The van der Waals surface area contributed by atoms with Crippen LogP contribution in [0.2, 0.25) is 0 Å².